The van der Waals surface area contributed by atoms with Crippen LogP contribution in [0.1, 0.15) is 83.4 Å². The highest BCUT2D eigenvalue weighted by molar-refractivity contribution is 5.86. The second kappa shape index (κ2) is 13.5. The Morgan fingerprint density at radius 1 is 1.24 bits per heavy atom. The fraction of sp³-hybridized carbons (Fsp3) is 0.643. The Balaban J connectivity index is 1.77. The van der Waals surface area contributed by atoms with Gasteiger partial charge in [-0.1, -0.05) is 38.7 Å². The van der Waals surface area contributed by atoms with Gasteiger partial charge < -0.3 is 15.7 Å². The lowest BCUT2D eigenvalue weighted by atomic mass is 9.93. The summed E-state index contributed by atoms with van der Waals surface area (Å²) >= 11 is 0. The molecule has 6 heteroatoms. The Labute approximate surface area is 206 Å². The molecule has 1 saturated carbocycles. The molecule has 0 spiro atoms. The Morgan fingerprint density at radius 3 is 2.65 bits per heavy atom. The fourth-order valence-electron chi connectivity index (χ4n) is 4.81. The highest BCUT2D eigenvalue weighted by Gasteiger charge is 2.23. The number of nitrogens with one attached hydrogen (secondary N) is 2. The van der Waals surface area contributed by atoms with E-state index >= 15 is 0 Å². The van der Waals surface area contributed by atoms with Gasteiger partial charge in [-0.25, -0.2) is 0 Å². The highest BCUT2D eigenvalue weighted by Crippen LogP contribution is 2.23. The van der Waals surface area contributed by atoms with Crippen molar-refractivity contribution in [1.29, 1.82) is 0 Å². The first kappa shape index (κ1) is 26.2. The minimum atomic E-state index is -0.194. The normalized spacial score (nSPS) is 24.4. The first-order chi connectivity index (χ1) is 16.5. The van der Waals surface area contributed by atoms with Crippen molar-refractivity contribution < 1.29 is 5.11 Å². The van der Waals surface area contributed by atoms with Crippen LogP contribution in [0.5, 0.6) is 0 Å². The predicted octanol–water partition coefficient (Wildman–Crippen LogP) is 4.32. The van der Waals surface area contributed by atoms with Crippen LogP contribution in [0.15, 0.2) is 29.1 Å². The van der Waals surface area contributed by atoms with Crippen molar-refractivity contribution in [2.24, 2.45) is 10.9 Å². The maximum Gasteiger partial charge on any atom is 0.123 e. The molecule has 3 N–H and O–H groups in total. The van der Waals surface area contributed by atoms with Crippen molar-refractivity contribution in [1.82, 2.24) is 20.5 Å². The number of pyridine rings is 1. The van der Waals surface area contributed by atoms with Gasteiger partial charge in [0.15, 0.2) is 0 Å². The third-order valence-electron chi connectivity index (χ3n) is 7.04. The molecular formula is C28H43N5O. The molecule has 1 aromatic rings. The summed E-state index contributed by atoms with van der Waals surface area (Å²) in [5.41, 5.74) is 2.72. The van der Waals surface area contributed by atoms with E-state index in [1.165, 1.54) is 31.5 Å². The summed E-state index contributed by atoms with van der Waals surface area (Å²) in [7, 11) is 0. The van der Waals surface area contributed by atoms with Gasteiger partial charge in [-0.2, -0.15) is 0 Å². The number of hydrogen-bond acceptors (Lipinski definition) is 5. The first-order valence-electron chi connectivity index (χ1n) is 13.1. The van der Waals surface area contributed by atoms with Crippen molar-refractivity contribution in [3.63, 3.8) is 0 Å². The van der Waals surface area contributed by atoms with Crippen LogP contribution < -0.4 is 10.6 Å². The van der Waals surface area contributed by atoms with Crippen LogP contribution in [-0.2, 0) is 6.54 Å². The summed E-state index contributed by atoms with van der Waals surface area (Å²) in [5, 5.41) is 16.9. The third-order valence-corrected chi connectivity index (χ3v) is 7.04. The summed E-state index contributed by atoms with van der Waals surface area (Å²) in [4.78, 5) is 11.9. The molecule has 0 aromatic carbocycles. The zero-order valence-corrected chi connectivity index (χ0v) is 21.3. The second-order valence-corrected chi connectivity index (χ2v) is 9.84. The number of aliphatic hydroxyl groups excluding tert-OH is 1. The third kappa shape index (κ3) is 7.85. The number of aliphatic hydroxyl groups is 1. The average Bonchev–Trinajstić information content (AvgIpc) is 3.30. The SMILES string of the molecule is C#C/C(=C(\NC(C)=NCCCC)NC1CCC(O)CC1)c1ccc(CN2CC[C@@H](CC)C2)cn1. The number of allylic oxidation sites excluding steroid dienone is 1. The molecule has 2 fully saturated rings. The zero-order valence-electron chi connectivity index (χ0n) is 21.3. The van der Waals surface area contributed by atoms with Gasteiger partial charge in [-0.15, -0.1) is 6.42 Å². The fourth-order valence-corrected chi connectivity index (χ4v) is 4.81. The summed E-state index contributed by atoms with van der Waals surface area (Å²) in [6, 6.07) is 4.45. The van der Waals surface area contributed by atoms with Crippen LogP contribution in [-0.4, -0.2) is 52.6 Å². The van der Waals surface area contributed by atoms with E-state index in [2.05, 4.69) is 46.4 Å². The van der Waals surface area contributed by atoms with Crippen LogP contribution in [0.4, 0.5) is 0 Å². The van der Waals surface area contributed by atoms with Crippen LogP contribution in [0.2, 0.25) is 0 Å². The molecule has 0 amide bonds. The van der Waals surface area contributed by atoms with Crippen LogP contribution in [0.25, 0.3) is 5.57 Å². The minimum absolute atomic E-state index is 0.194. The van der Waals surface area contributed by atoms with E-state index in [0.717, 1.165) is 80.5 Å². The topological polar surface area (TPSA) is 72.8 Å². The zero-order chi connectivity index (χ0) is 24.3. The molecule has 1 aliphatic carbocycles. The Morgan fingerprint density at radius 2 is 2.03 bits per heavy atom. The smallest absolute Gasteiger partial charge is 0.123 e. The molecule has 1 atom stereocenters. The number of unbranched alkanes of at least 4 members (excludes halogenated alkanes) is 1. The van der Waals surface area contributed by atoms with Gasteiger partial charge in [0.05, 0.1) is 23.2 Å². The van der Waals surface area contributed by atoms with E-state index in [4.69, 9.17) is 11.4 Å². The summed E-state index contributed by atoms with van der Waals surface area (Å²) in [6.45, 7) is 10.5. The van der Waals surface area contributed by atoms with Crippen molar-refractivity contribution in [3.8, 4) is 12.3 Å². The second-order valence-electron chi connectivity index (χ2n) is 9.84. The minimum Gasteiger partial charge on any atom is -0.393 e. The lowest BCUT2D eigenvalue weighted by Crippen LogP contribution is -2.40. The van der Waals surface area contributed by atoms with Crippen molar-refractivity contribution in [2.45, 2.75) is 90.8 Å². The van der Waals surface area contributed by atoms with Crippen molar-refractivity contribution >= 4 is 11.4 Å². The number of rotatable bonds is 10. The van der Waals surface area contributed by atoms with Gasteiger partial charge >= 0.3 is 0 Å². The van der Waals surface area contributed by atoms with E-state index in [0.29, 0.717) is 0 Å². The van der Waals surface area contributed by atoms with Gasteiger partial charge in [0.2, 0.25) is 0 Å². The number of aromatic nitrogens is 1. The summed E-state index contributed by atoms with van der Waals surface area (Å²) < 4.78 is 0. The molecule has 1 aromatic heterocycles. The van der Waals surface area contributed by atoms with Crippen LogP contribution in [0, 0.1) is 18.3 Å². The van der Waals surface area contributed by atoms with Crippen molar-refractivity contribution in [2.75, 3.05) is 19.6 Å². The molecule has 6 nitrogen and oxygen atoms in total. The average molecular weight is 466 g/mol. The molecule has 2 heterocycles. The molecule has 34 heavy (non-hydrogen) atoms. The highest BCUT2D eigenvalue weighted by atomic mass is 16.3. The number of amidine groups is 1. The molecule has 0 unspecified atom stereocenters. The molecule has 0 bridgehead atoms. The standard InChI is InChI=1S/C28H43N5O/c1-5-8-16-29-21(4)31-28(32-24-10-12-25(34)13-11-24)26(7-3)27-14-9-23(18-30-27)20-33-17-15-22(6-2)19-33/h3,9,14,18,22,24-25,32,34H,5-6,8,10-13,15-17,19-20H2,1-2,4H3,(H,29,31)/b28-26-/t22-,24?,25?/m1/s1. The van der Waals surface area contributed by atoms with Crippen LogP contribution in [0.3, 0.4) is 0 Å². The number of likely N-dealkylation sites (tertiary alicyclic amines) is 1. The van der Waals surface area contributed by atoms with Gasteiger partial charge in [0, 0.05) is 31.9 Å². The molecule has 3 rings (SSSR count). The lowest BCUT2D eigenvalue weighted by molar-refractivity contribution is 0.118. The van der Waals surface area contributed by atoms with Crippen LogP contribution >= 0.6 is 0 Å². The Kier molecular flexibility index (Phi) is 10.4. The molecular weight excluding hydrogens is 422 g/mol. The van der Waals surface area contributed by atoms with E-state index in [1.807, 2.05) is 19.2 Å². The van der Waals surface area contributed by atoms with E-state index in [-0.39, 0.29) is 12.1 Å². The largest absolute Gasteiger partial charge is 0.393 e. The summed E-state index contributed by atoms with van der Waals surface area (Å²) in [5.74, 6) is 5.33. The lowest BCUT2D eigenvalue weighted by Gasteiger charge is -2.29. The molecule has 1 saturated heterocycles. The first-order valence-corrected chi connectivity index (χ1v) is 13.1. The predicted molar refractivity (Wildman–Crippen MR) is 141 cm³/mol. The van der Waals surface area contributed by atoms with Gasteiger partial charge in [-0.05, 0) is 69.5 Å². The maximum atomic E-state index is 9.90. The monoisotopic (exact) mass is 465 g/mol. The quantitative estimate of drug-likeness (QED) is 0.208. The molecule has 1 aliphatic heterocycles. The molecule has 0 radical (unpaired) electrons. The number of terminal acetylenes is 1. The van der Waals surface area contributed by atoms with Gasteiger partial charge in [0.25, 0.3) is 0 Å². The van der Waals surface area contributed by atoms with E-state index < -0.39 is 0 Å². The Bertz CT molecular complexity index is 862. The summed E-state index contributed by atoms with van der Waals surface area (Å²) in [6.07, 6.45) is 16.0. The number of nitrogens with zero attached hydrogens (tertiary/aromatic N) is 3. The van der Waals surface area contributed by atoms with E-state index in [9.17, 15) is 5.11 Å². The maximum absolute atomic E-state index is 9.90. The molecule has 186 valence electrons. The number of aliphatic imine (C=N–C) groups is 1. The van der Waals surface area contributed by atoms with Gasteiger partial charge in [-0.3, -0.25) is 14.9 Å². The molecule has 2 aliphatic rings. The van der Waals surface area contributed by atoms with E-state index in [1.54, 1.807) is 0 Å². The van der Waals surface area contributed by atoms with Crippen molar-refractivity contribution in [3.05, 3.63) is 35.4 Å². The van der Waals surface area contributed by atoms with Gasteiger partial charge in [0.1, 0.15) is 5.82 Å². The Hall–Kier alpha value is -2.36. The number of hydrogen-bond donors (Lipinski definition) is 3.